The van der Waals surface area contributed by atoms with E-state index in [9.17, 15) is 0 Å². The van der Waals surface area contributed by atoms with E-state index in [1.165, 1.54) is 17.1 Å². The van der Waals surface area contributed by atoms with Crippen LogP contribution in [-0.4, -0.2) is 34.2 Å². The van der Waals surface area contributed by atoms with Gasteiger partial charge in [-0.2, -0.15) is 9.36 Å². The minimum atomic E-state index is 0.552. The molecular formula is C21H23BrN4OS. The molecule has 0 amide bonds. The van der Waals surface area contributed by atoms with Crippen molar-refractivity contribution in [3.05, 3.63) is 63.4 Å². The van der Waals surface area contributed by atoms with Crippen molar-refractivity contribution in [1.82, 2.24) is 14.3 Å². The van der Waals surface area contributed by atoms with E-state index in [4.69, 9.17) is 4.74 Å². The smallest absolute Gasteiger partial charge is 0.298 e. The van der Waals surface area contributed by atoms with Crippen LogP contribution in [0.1, 0.15) is 29.4 Å². The Morgan fingerprint density at radius 2 is 1.93 bits per heavy atom. The number of aliphatic imine (C=N–C) groups is 1. The van der Waals surface area contributed by atoms with Crippen LogP contribution in [0.25, 0.3) is 0 Å². The minimum Gasteiger partial charge on any atom is -0.430 e. The Bertz CT molecular complexity index is 969. The molecule has 0 aliphatic rings. The van der Waals surface area contributed by atoms with Crippen LogP contribution in [0.5, 0.6) is 10.9 Å². The highest BCUT2D eigenvalue weighted by molar-refractivity contribution is 9.10. The Kier molecular flexibility index (Phi) is 6.80. The maximum Gasteiger partial charge on any atom is 0.298 e. The van der Waals surface area contributed by atoms with E-state index >= 15 is 0 Å². The lowest BCUT2D eigenvalue weighted by atomic mass is 10.1. The summed E-state index contributed by atoms with van der Waals surface area (Å²) in [6.07, 6.45) is 2.53. The van der Waals surface area contributed by atoms with Crippen molar-refractivity contribution < 1.29 is 4.74 Å². The van der Waals surface area contributed by atoms with Crippen LogP contribution in [0.15, 0.2) is 45.9 Å². The predicted octanol–water partition coefficient (Wildman–Crippen LogP) is 5.91. The normalized spacial score (nSPS) is 11.2. The summed E-state index contributed by atoms with van der Waals surface area (Å²) in [5.74, 6) is 1.55. The van der Waals surface area contributed by atoms with Crippen LogP contribution in [-0.2, 0) is 6.42 Å². The number of aryl methyl sites for hydroxylation is 2. The zero-order valence-electron chi connectivity index (χ0n) is 16.4. The summed E-state index contributed by atoms with van der Waals surface area (Å²) in [6, 6.07) is 12.2. The molecule has 0 saturated carbocycles. The van der Waals surface area contributed by atoms with Crippen LogP contribution in [0.2, 0.25) is 0 Å². The van der Waals surface area contributed by atoms with E-state index in [1.54, 1.807) is 0 Å². The van der Waals surface area contributed by atoms with Gasteiger partial charge in [0.15, 0.2) is 5.82 Å². The first-order valence-electron chi connectivity index (χ1n) is 9.05. The van der Waals surface area contributed by atoms with E-state index < -0.39 is 0 Å². The van der Waals surface area contributed by atoms with Gasteiger partial charge in [0, 0.05) is 36.0 Å². The highest BCUT2D eigenvalue weighted by Crippen LogP contribution is 2.32. The van der Waals surface area contributed by atoms with E-state index in [2.05, 4.69) is 49.3 Å². The average Bonchev–Trinajstić information content (AvgIpc) is 3.11. The lowest BCUT2D eigenvalue weighted by Gasteiger charge is -2.11. The lowest BCUT2D eigenvalue weighted by molar-refractivity contribution is 0.473. The van der Waals surface area contributed by atoms with E-state index in [-0.39, 0.29) is 0 Å². The molecule has 2 aromatic carbocycles. The summed E-state index contributed by atoms with van der Waals surface area (Å²) < 4.78 is 11.5. The van der Waals surface area contributed by atoms with Crippen LogP contribution in [0, 0.1) is 13.8 Å². The second kappa shape index (κ2) is 9.30. The van der Waals surface area contributed by atoms with E-state index in [0.29, 0.717) is 11.6 Å². The Labute approximate surface area is 178 Å². The van der Waals surface area contributed by atoms with Crippen LogP contribution >= 0.6 is 27.5 Å². The monoisotopic (exact) mass is 458 g/mol. The fourth-order valence-corrected chi connectivity index (χ4v) is 3.32. The maximum absolute atomic E-state index is 6.00. The number of nitrogens with zero attached hydrogens (tertiary/aromatic N) is 4. The minimum absolute atomic E-state index is 0.552. The third kappa shape index (κ3) is 5.39. The molecule has 0 fully saturated rings. The number of ether oxygens (including phenoxy) is 1. The molecule has 7 heteroatoms. The first-order chi connectivity index (χ1) is 13.4. The molecule has 0 radical (unpaired) electrons. The first-order valence-corrected chi connectivity index (χ1v) is 10.6. The molecule has 0 N–H and O–H groups in total. The van der Waals surface area contributed by atoms with Gasteiger partial charge in [-0.05, 0) is 61.7 Å². The number of halogens is 1. The second-order valence-electron chi connectivity index (χ2n) is 6.60. The Morgan fingerprint density at radius 3 is 2.64 bits per heavy atom. The maximum atomic E-state index is 6.00. The molecule has 146 valence electrons. The van der Waals surface area contributed by atoms with Crippen molar-refractivity contribution in [2.24, 2.45) is 4.99 Å². The van der Waals surface area contributed by atoms with Crippen LogP contribution in [0.3, 0.4) is 0 Å². The number of rotatable bonds is 7. The van der Waals surface area contributed by atoms with Gasteiger partial charge in [0.1, 0.15) is 5.75 Å². The van der Waals surface area contributed by atoms with Crippen molar-refractivity contribution in [3.63, 3.8) is 0 Å². The quantitative estimate of drug-likeness (QED) is 0.326. The SMILES string of the molecule is CCN(C)C=Nc1cc(C)c(Oc2nc(Cc3ccc(Br)cc3)ns2)cc1C. The molecule has 0 unspecified atom stereocenters. The van der Waals surface area contributed by atoms with Gasteiger partial charge < -0.3 is 9.64 Å². The molecule has 0 saturated heterocycles. The van der Waals surface area contributed by atoms with Gasteiger partial charge in [-0.3, -0.25) is 0 Å². The number of aromatic nitrogens is 2. The largest absolute Gasteiger partial charge is 0.430 e. The number of hydrogen-bond acceptors (Lipinski definition) is 5. The zero-order valence-corrected chi connectivity index (χ0v) is 18.8. The molecule has 5 nitrogen and oxygen atoms in total. The molecule has 0 aliphatic heterocycles. The third-order valence-electron chi connectivity index (χ3n) is 4.31. The lowest BCUT2D eigenvalue weighted by Crippen LogP contribution is -2.14. The van der Waals surface area contributed by atoms with Gasteiger partial charge in [0.05, 0.1) is 12.0 Å². The molecule has 0 atom stereocenters. The fraction of sp³-hybridized carbons (Fsp3) is 0.286. The molecule has 1 heterocycles. The third-order valence-corrected chi connectivity index (χ3v) is 5.47. The molecule has 1 aromatic heterocycles. The molecule has 0 bridgehead atoms. The van der Waals surface area contributed by atoms with Gasteiger partial charge in [0.25, 0.3) is 5.19 Å². The van der Waals surface area contributed by atoms with E-state index in [0.717, 1.165) is 39.4 Å². The fourth-order valence-electron chi connectivity index (χ4n) is 2.50. The summed E-state index contributed by atoms with van der Waals surface area (Å²) >= 11 is 4.72. The summed E-state index contributed by atoms with van der Waals surface area (Å²) in [5.41, 5.74) is 4.18. The van der Waals surface area contributed by atoms with Crippen LogP contribution in [0.4, 0.5) is 5.69 Å². The molecule has 0 aliphatic carbocycles. The first kappa shape index (κ1) is 20.5. The number of hydrogen-bond donors (Lipinski definition) is 0. The highest BCUT2D eigenvalue weighted by atomic mass is 79.9. The van der Waals surface area contributed by atoms with Crippen molar-refractivity contribution in [2.75, 3.05) is 13.6 Å². The molecule has 28 heavy (non-hydrogen) atoms. The predicted molar refractivity (Wildman–Crippen MR) is 119 cm³/mol. The van der Waals surface area contributed by atoms with Gasteiger partial charge in [0.2, 0.25) is 0 Å². The second-order valence-corrected chi connectivity index (χ2v) is 8.23. The standard InChI is InChI=1S/C21H23BrN4OS/c1-5-26(4)13-23-18-10-15(3)19(11-14(18)2)27-21-24-20(25-28-21)12-16-6-8-17(22)9-7-16/h6-11,13H,5,12H2,1-4H3. The summed E-state index contributed by atoms with van der Waals surface area (Å²) in [6.45, 7) is 7.06. The summed E-state index contributed by atoms with van der Waals surface area (Å²) in [5, 5.41) is 0.552. The topological polar surface area (TPSA) is 50.6 Å². The summed E-state index contributed by atoms with van der Waals surface area (Å²) in [7, 11) is 2.00. The van der Waals surface area contributed by atoms with Gasteiger partial charge in [-0.15, -0.1) is 0 Å². The van der Waals surface area contributed by atoms with Crippen molar-refractivity contribution in [3.8, 4) is 10.9 Å². The van der Waals surface area contributed by atoms with E-state index in [1.807, 2.05) is 56.4 Å². The Hall–Kier alpha value is -2.25. The molecule has 3 rings (SSSR count). The average molecular weight is 459 g/mol. The number of benzene rings is 2. The van der Waals surface area contributed by atoms with Crippen LogP contribution < -0.4 is 4.74 Å². The van der Waals surface area contributed by atoms with Crippen molar-refractivity contribution in [1.29, 1.82) is 0 Å². The van der Waals surface area contributed by atoms with Crippen molar-refractivity contribution >= 4 is 39.5 Å². The zero-order chi connectivity index (χ0) is 20.1. The van der Waals surface area contributed by atoms with Gasteiger partial charge in [-0.1, -0.05) is 28.1 Å². The van der Waals surface area contributed by atoms with Crippen molar-refractivity contribution in [2.45, 2.75) is 27.2 Å². The van der Waals surface area contributed by atoms with Gasteiger partial charge in [-0.25, -0.2) is 4.99 Å². The molecular weight excluding hydrogens is 436 g/mol. The molecule has 3 aromatic rings. The Morgan fingerprint density at radius 1 is 1.18 bits per heavy atom. The Balaban J connectivity index is 1.71. The highest BCUT2D eigenvalue weighted by Gasteiger charge is 2.11. The molecule has 0 spiro atoms. The van der Waals surface area contributed by atoms with Gasteiger partial charge >= 0.3 is 0 Å². The summed E-state index contributed by atoms with van der Waals surface area (Å²) in [4.78, 5) is 11.1.